The highest BCUT2D eigenvalue weighted by molar-refractivity contribution is 6.31. The lowest BCUT2D eigenvalue weighted by atomic mass is 10.0. The topological polar surface area (TPSA) is 91.4 Å². The van der Waals surface area contributed by atoms with Gasteiger partial charge in [-0.25, -0.2) is 4.98 Å². The van der Waals surface area contributed by atoms with Crippen molar-refractivity contribution in [1.29, 1.82) is 0 Å². The number of halogens is 1. The molecule has 7 nitrogen and oxygen atoms in total. The van der Waals surface area contributed by atoms with E-state index in [0.717, 1.165) is 16.7 Å². The number of pyridine rings is 1. The van der Waals surface area contributed by atoms with Gasteiger partial charge in [-0.1, -0.05) is 59.6 Å². The normalized spacial score (nSPS) is 14.9. The molecule has 8 heteroatoms. The molecule has 0 saturated carbocycles. The fourth-order valence-corrected chi connectivity index (χ4v) is 4.55. The van der Waals surface area contributed by atoms with Crippen LogP contribution in [0.25, 0.3) is 0 Å². The quantitative estimate of drug-likeness (QED) is 0.348. The van der Waals surface area contributed by atoms with Crippen LogP contribution in [0.4, 0.5) is 11.5 Å². The van der Waals surface area contributed by atoms with Crippen molar-refractivity contribution in [2.24, 2.45) is 0 Å². The second-order valence-electron chi connectivity index (χ2n) is 9.18. The number of hydrogen-bond acceptors (Lipinski definition) is 4. The molecule has 38 heavy (non-hydrogen) atoms. The van der Waals surface area contributed by atoms with Crippen LogP contribution in [0.1, 0.15) is 37.4 Å². The molecule has 0 aliphatic carbocycles. The SMILES string of the molecule is Cc1ccc(C[C@@H]2C(=O)Nc3cc(Cl)ccc3C(=O)N2Cc2ccc(C(=O)Nc3ccccn3)cc2)cc1. The van der Waals surface area contributed by atoms with Gasteiger partial charge >= 0.3 is 0 Å². The zero-order valence-electron chi connectivity index (χ0n) is 20.6. The summed E-state index contributed by atoms with van der Waals surface area (Å²) < 4.78 is 0. The van der Waals surface area contributed by atoms with Gasteiger partial charge in [-0.15, -0.1) is 0 Å². The first kappa shape index (κ1) is 25.2. The Bertz CT molecular complexity index is 1490. The maximum Gasteiger partial charge on any atom is 0.256 e. The predicted molar refractivity (Wildman–Crippen MR) is 147 cm³/mol. The van der Waals surface area contributed by atoms with Crippen molar-refractivity contribution >= 4 is 40.8 Å². The van der Waals surface area contributed by atoms with E-state index >= 15 is 0 Å². The highest BCUT2D eigenvalue weighted by Crippen LogP contribution is 2.29. The molecule has 0 saturated heterocycles. The summed E-state index contributed by atoms with van der Waals surface area (Å²) in [7, 11) is 0. The van der Waals surface area contributed by atoms with E-state index in [2.05, 4.69) is 15.6 Å². The first-order valence-corrected chi connectivity index (χ1v) is 12.5. The Kier molecular flexibility index (Phi) is 7.20. The average Bonchev–Trinajstić information content (AvgIpc) is 3.00. The number of amides is 3. The number of carbonyl (C=O) groups is 3. The molecule has 4 aromatic rings. The molecule has 5 rings (SSSR count). The lowest BCUT2D eigenvalue weighted by Crippen LogP contribution is -2.46. The lowest BCUT2D eigenvalue weighted by molar-refractivity contribution is -0.120. The number of nitrogens with one attached hydrogen (secondary N) is 2. The maximum absolute atomic E-state index is 13.8. The summed E-state index contributed by atoms with van der Waals surface area (Å²) >= 11 is 6.15. The smallest absolute Gasteiger partial charge is 0.256 e. The van der Waals surface area contributed by atoms with E-state index in [-0.39, 0.29) is 24.3 Å². The van der Waals surface area contributed by atoms with Crippen LogP contribution in [0.15, 0.2) is 91.1 Å². The monoisotopic (exact) mass is 524 g/mol. The Morgan fingerprint density at radius 3 is 2.42 bits per heavy atom. The van der Waals surface area contributed by atoms with E-state index in [1.807, 2.05) is 31.2 Å². The molecule has 0 unspecified atom stereocenters. The third kappa shape index (κ3) is 5.58. The van der Waals surface area contributed by atoms with Crippen molar-refractivity contribution in [2.75, 3.05) is 10.6 Å². The van der Waals surface area contributed by atoms with Crippen molar-refractivity contribution in [3.63, 3.8) is 0 Å². The lowest BCUT2D eigenvalue weighted by Gasteiger charge is -2.29. The van der Waals surface area contributed by atoms with E-state index in [4.69, 9.17) is 11.6 Å². The van der Waals surface area contributed by atoms with Crippen LogP contribution < -0.4 is 10.6 Å². The first-order valence-electron chi connectivity index (χ1n) is 12.2. The van der Waals surface area contributed by atoms with Gasteiger partial charge in [-0.05, 0) is 60.5 Å². The van der Waals surface area contributed by atoms with Crippen molar-refractivity contribution in [1.82, 2.24) is 9.88 Å². The Hall–Kier alpha value is -4.49. The van der Waals surface area contributed by atoms with E-state index in [1.165, 1.54) is 0 Å². The van der Waals surface area contributed by atoms with Gasteiger partial charge in [0.15, 0.2) is 0 Å². The van der Waals surface area contributed by atoms with Crippen LogP contribution in [0.2, 0.25) is 5.02 Å². The summed E-state index contributed by atoms with van der Waals surface area (Å²) in [5.74, 6) is -0.389. The zero-order valence-corrected chi connectivity index (χ0v) is 21.4. The minimum atomic E-state index is -0.747. The molecular weight excluding hydrogens is 500 g/mol. The molecule has 3 aromatic carbocycles. The third-order valence-corrected chi connectivity index (χ3v) is 6.67. The first-order chi connectivity index (χ1) is 18.4. The molecule has 0 fully saturated rings. The molecule has 2 heterocycles. The number of rotatable bonds is 6. The minimum absolute atomic E-state index is 0.187. The Labute approximate surface area is 225 Å². The van der Waals surface area contributed by atoms with Gasteiger partial charge in [0.1, 0.15) is 11.9 Å². The number of anilines is 2. The van der Waals surface area contributed by atoms with Gasteiger partial charge in [-0.2, -0.15) is 0 Å². The highest BCUT2D eigenvalue weighted by atomic mass is 35.5. The molecule has 3 amide bonds. The zero-order chi connectivity index (χ0) is 26.6. The number of hydrogen-bond donors (Lipinski definition) is 2. The fourth-order valence-electron chi connectivity index (χ4n) is 4.38. The van der Waals surface area contributed by atoms with Gasteiger partial charge in [0.2, 0.25) is 5.91 Å². The van der Waals surface area contributed by atoms with E-state index in [0.29, 0.717) is 34.1 Å². The summed E-state index contributed by atoms with van der Waals surface area (Å²) in [4.78, 5) is 45.5. The van der Waals surface area contributed by atoms with Gasteiger partial charge < -0.3 is 15.5 Å². The molecule has 1 aromatic heterocycles. The number of aromatic nitrogens is 1. The van der Waals surface area contributed by atoms with Crippen LogP contribution in [-0.2, 0) is 17.8 Å². The van der Waals surface area contributed by atoms with Crippen LogP contribution in [-0.4, -0.2) is 33.6 Å². The largest absolute Gasteiger partial charge is 0.323 e. The Morgan fingerprint density at radius 2 is 1.71 bits per heavy atom. The van der Waals surface area contributed by atoms with Gasteiger partial charge in [-0.3, -0.25) is 14.4 Å². The standard InChI is InChI=1S/C30H25ClN4O3/c1-19-5-7-20(8-6-19)16-26-29(37)33-25-17-23(31)13-14-24(25)30(38)35(26)18-21-9-11-22(12-10-21)28(36)34-27-4-2-3-15-32-27/h2-15,17,26H,16,18H2,1H3,(H,33,37)(H,32,34,36)/t26-/m1/s1. The second-order valence-corrected chi connectivity index (χ2v) is 9.62. The molecule has 1 atom stereocenters. The van der Waals surface area contributed by atoms with E-state index in [1.54, 1.807) is 71.8 Å². The number of fused-ring (bicyclic) bond motifs is 1. The second kappa shape index (κ2) is 10.9. The van der Waals surface area contributed by atoms with Gasteiger partial charge in [0.25, 0.3) is 11.8 Å². The van der Waals surface area contributed by atoms with E-state index < -0.39 is 6.04 Å². The van der Waals surface area contributed by atoms with Crippen LogP contribution in [0, 0.1) is 6.92 Å². The summed E-state index contributed by atoms with van der Waals surface area (Å²) in [6, 6.07) is 24.3. The minimum Gasteiger partial charge on any atom is -0.323 e. The van der Waals surface area contributed by atoms with Gasteiger partial charge in [0.05, 0.1) is 11.3 Å². The third-order valence-electron chi connectivity index (χ3n) is 6.43. The fraction of sp³-hybridized carbons (Fsp3) is 0.133. The average molecular weight is 525 g/mol. The molecule has 0 spiro atoms. The molecule has 190 valence electrons. The Balaban J connectivity index is 1.42. The predicted octanol–water partition coefficient (Wildman–Crippen LogP) is 5.50. The number of carbonyl (C=O) groups excluding carboxylic acids is 3. The number of benzene rings is 3. The van der Waals surface area contributed by atoms with Crippen LogP contribution >= 0.6 is 11.6 Å². The van der Waals surface area contributed by atoms with E-state index in [9.17, 15) is 14.4 Å². The number of nitrogens with zero attached hydrogens (tertiary/aromatic N) is 2. The summed E-state index contributed by atoms with van der Waals surface area (Å²) in [6.45, 7) is 2.19. The van der Waals surface area contributed by atoms with Crippen LogP contribution in [0.5, 0.6) is 0 Å². The summed E-state index contributed by atoms with van der Waals surface area (Å²) in [5, 5.41) is 6.08. The molecule has 0 bridgehead atoms. The molecule has 0 radical (unpaired) electrons. The van der Waals surface area contributed by atoms with Crippen molar-refractivity contribution in [2.45, 2.75) is 25.9 Å². The highest BCUT2D eigenvalue weighted by Gasteiger charge is 2.35. The maximum atomic E-state index is 13.8. The van der Waals surface area contributed by atoms with Gasteiger partial charge in [0, 0.05) is 29.7 Å². The molecule has 1 aliphatic rings. The summed E-state index contributed by atoms with van der Waals surface area (Å²) in [6.07, 6.45) is 1.95. The van der Waals surface area contributed by atoms with Crippen molar-refractivity contribution in [3.8, 4) is 0 Å². The number of aryl methyl sites for hydroxylation is 1. The summed E-state index contributed by atoms with van der Waals surface area (Å²) in [5.41, 5.74) is 4.06. The Morgan fingerprint density at radius 1 is 0.974 bits per heavy atom. The molecule has 1 aliphatic heterocycles. The van der Waals surface area contributed by atoms with Crippen LogP contribution in [0.3, 0.4) is 0 Å². The molecular formula is C30H25ClN4O3. The molecule has 2 N–H and O–H groups in total. The van der Waals surface area contributed by atoms with Crippen molar-refractivity contribution in [3.05, 3.63) is 124 Å². The van der Waals surface area contributed by atoms with Crippen molar-refractivity contribution < 1.29 is 14.4 Å².